The van der Waals surface area contributed by atoms with Crippen LogP contribution in [0.1, 0.15) is 18.7 Å². The van der Waals surface area contributed by atoms with E-state index in [1.54, 1.807) is 49.1 Å². The molecular weight excluding hydrogens is 395 g/mol. The topological polar surface area (TPSA) is 60.5 Å². The molecule has 2 heterocycles. The summed E-state index contributed by atoms with van der Waals surface area (Å²) in [7, 11) is 3.30. The molecule has 1 aliphatic rings. The third-order valence-electron chi connectivity index (χ3n) is 5.75. The van der Waals surface area contributed by atoms with Gasteiger partial charge in [-0.15, -0.1) is 0 Å². The molecule has 0 radical (unpaired) electrons. The van der Waals surface area contributed by atoms with Crippen LogP contribution in [0.15, 0.2) is 47.3 Å². The largest absolute Gasteiger partial charge is 0.497 e. The smallest absolute Gasteiger partial charge is 0.261 e. The molecule has 2 aromatic carbocycles. The van der Waals surface area contributed by atoms with Crippen LogP contribution in [0, 0.1) is 12.4 Å². The second-order valence-corrected chi connectivity index (χ2v) is 7.60. The molecule has 0 amide bonds. The Morgan fingerprint density at radius 2 is 1.97 bits per heavy atom. The van der Waals surface area contributed by atoms with Gasteiger partial charge in [-0.2, -0.15) is 0 Å². The van der Waals surface area contributed by atoms with E-state index in [0.717, 1.165) is 19.4 Å². The van der Waals surface area contributed by atoms with Gasteiger partial charge in [0.25, 0.3) is 5.56 Å². The molecule has 4 rings (SSSR count). The van der Waals surface area contributed by atoms with Crippen LogP contribution < -0.4 is 15.6 Å². The minimum absolute atomic E-state index is 0.0603. The molecule has 0 bridgehead atoms. The molecule has 1 unspecified atom stereocenters. The van der Waals surface area contributed by atoms with E-state index >= 15 is 0 Å². The molecule has 3 aromatic rings. The molecule has 0 aliphatic carbocycles. The fraction of sp³-hybridized carbons (Fsp3) is 0.292. The zero-order chi connectivity index (χ0) is 22.0. The van der Waals surface area contributed by atoms with Gasteiger partial charge in [-0.1, -0.05) is 24.3 Å². The second-order valence-electron chi connectivity index (χ2n) is 7.60. The highest BCUT2D eigenvalue weighted by molar-refractivity contribution is 5.81. The summed E-state index contributed by atoms with van der Waals surface area (Å²) in [6.07, 6.45) is 2.64. The molecular formula is C24H23FN4O2. The molecule has 1 fully saturated rings. The van der Waals surface area contributed by atoms with Gasteiger partial charge in [0.2, 0.25) is 5.69 Å². The van der Waals surface area contributed by atoms with Gasteiger partial charge in [0, 0.05) is 25.1 Å². The first-order chi connectivity index (χ1) is 15.0. The Labute approximate surface area is 180 Å². The van der Waals surface area contributed by atoms with Crippen LogP contribution in [-0.4, -0.2) is 29.2 Å². The second kappa shape index (κ2) is 8.70. The molecule has 1 atom stereocenters. The van der Waals surface area contributed by atoms with Gasteiger partial charge in [0.1, 0.15) is 17.4 Å². The lowest BCUT2D eigenvalue weighted by molar-refractivity contribution is 0.347. The lowest BCUT2D eigenvalue weighted by Crippen LogP contribution is -2.43. The van der Waals surface area contributed by atoms with Crippen molar-refractivity contribution in [2.45, 2.75) is 25.3 Å². The van der Waals surface area contributed by atoms with Gasteiger partial charge in [0.15, 0.2) is 0 Å². The summed E-state index contributed by atoms with van der Waals surface area (Å²) >= 11 is 0. The van der Waals surface area contributed by atoms with E-state index in [-0.39, 0.29) is 11.2 Å². The summed E-state index contributed by atoms with van der Waals surface area (Å²) in [6.45, 7) is 8.11. The summed E-state index contributed by atoms with van der Waals surface area (Å²) in [4.78, 5) is 21.4. The van der Waals surface area contributed by atoms with Crippen LogP contribution in [0.2, 0.25) is 0 Å². The number of nitrogens with one attached hydrogen (secondary N) is 1. The van der Waals surface area contributed by atoms with Gasteiger partial charge in [-0.05, 0) is 43.1 Å². The van der Waals surface area contributed by atoms with Crippen molar-refractivity contribution >= 4 is 5.69 Å². The molecule has 7 heteroatoms. The van der Waals surface area contributed by atoms with Gasteiger partial charge in [0.05, 0.1) is 24.9 Å². The number of halogens is 1. The highest BCUT2D eigenvalue weighted by Crippen LogP contribution is 2.32. The van der Waals surface area contributed by atoms with Crippen LogP contribution in [0.4, 0.5) is 10.1 Å². The molecule has 0 spiro atoms. The van der Waals surface area contributed by atoms with Crippen molar-refractivity contribution < 1.29 is 9.13 Å². The molecule has 1 aliphatic heterocycles. The summed E-state index contributed by atoms with van der Waals surface area (Å²) in [5.41, 5.74) is 1.70. The lowest BCUT2D eigenvalue weighted by atomic mass is 9.98. The maximum absolute atomic E-state index is 14.4. The van der Waals surface area contributed by atoms with E-state index < -0.39 is 5.82 Å². The number of hydrogen-bond donors (Lipinski definition) is 1. The summed E-state index contributed by atoms with van der Waals surface area (Å²) in [5.74, 6) is 0.698. The molecule has 1 aromatic heterocycles. The van der Waals surface area contributed by atoms with E-state index in [1.165, 1.54) is 12.1 Å². The zero-order valence-electron chi connectivity index (χ0n) is 17.5. The molecule has 31 heavy (non-hydrogen) atoms. The van der Waals surface area contributed by atoms with Crippen molar-refractivity contribution in [1.29, 1.82) is 0 Å². The minimum Gasteiger partial charge on any atom is -0.497 e. The number of aryl methyl sites for hydroxylation is 1. The highest BCUT2D eigenvalue weighted by Gasteiger charge is 2.21. The SMILES string of the molecule is [C-]#[N+]c1ccc(-c2nc(CCC3CCN3)n(C)c(=O)c2-c2ccc(OC)cc2)cc1F. The van der Waals surface area contributed by atoms with Gasteiger partial charge in [-0.25, -0.2) is 14.2 Å². The fourth-order valence-corrected chi connectivity index (χ4v) is 3.74. The summed E-state index contributed by atoms with van der Waals surface area (Å²) in [5, 5.41) is 3.36. The molecule has 158 valence electrons. The number of benzene rings is 2. The lowest BCUT2D eigenvalue weighted by Gasteiger charge is -2.27. The van der Waals surface area contributed by atoms with Crippen LogP contribution in [0.3, 0.4) is 0 Å². The minimum atomic E-state index is -0.629. The standard InChI is InChI=1S/C24H23FN4O2/c1-26-20-10-6-16(14-19(20)25)23-22(15-4-8-18(31-3)9-5-15)24(30)29(2)21(28-23)11-7-17-12-13-27-17/h4-6,8-10,14,17,27H,7,11-13H2,2-3H3. The monoisotopic (exact) mass is 418 g/mol. The first-order valence-electron chi connectivity index (χ1n) is 10.2. The first kappa shape index (κ1) is 20.8. The van der Waals surface area contributed by atoms with E-state index in [1.807, 2.05) is 0 Å². The van der Waals surface area contributed by atoms with Crippen LogP contribution in [0.5, 0.6) is 5.75 Å². The normalized spacial score (nSPS) is 15.2. The fourth-order valence-electron chi connectivity index (χ4n) is 3.74. The average molecular weight is 418 g/mol. The van der Waals surface area contributed by atoms with Crippen LogP contribution in [0.25, 0.3) is 27.2 Å². The summed E-state index contributed by atoms with van der Waals surface area (Å²) < 4.78 is 21.2. The van der Waals surface area contributed by atoms with Gasteiger partial charge in [-0.3, -0.25) is 9.36 Å². The Morgan fingerprint density at radius 1 is 1.26 bits per heavy atom. The average Bonchev–Trinajstić information content (AvgIpc) is 2.75. The Hall–Kier alpha value is -3.50. The Morgan fingerprint density at radius 3 is 2.55 bits per heavy atom. The molecule has 6 nitrogen and oxygen atoms in total. The number of nitrogens with zero attached hydrogens (tertiary/aromatic N) is 3. The summed E-state index contributed by atoms with van der Waals surface area (Å²) in [6, 6.07) is 11.9. The predicted molar refractivity (Wildman–Crippen MR) is 118 cm³/mol. The Balaban J connectivity index is 1.87. The van der Waals surface area contributed by atoms with Gasteiger partial charge < -0.3 is 10.1 Å². The van der Waals surface area contributed by atoms with Crippen molar-refractivity contribution in [2.24, 2.45) is 7.05 Å². The molecule has 0 saturated carbocycles. The first-order valence-corrected chi connectivity index (χ1v) is 10.2. The molecule has 1 saturated heterocycles. The van der Waals surface area contributed by atoms with Crippen molar-refractivity contribution in [3.63, 3.8) is 0 Å². The number of hydrogen-bond acceptors (Lipinski definition) is 4. The van der Waals surface area contributed by atoms with Crippen molar-refractivity contribution in [3.8, 4) is 28.1 Å². The maximum atomic E-state index is 14.4. The zero-order valence-corrected chi connectivity index (χ0v) is 17.5. The van der Waals surface area contributed by atoms with E-state index in [4.69, 9.17) is 16.3 Å². The molecule has 1 N–H and O–H groups in total. The number of rotatable bonds is 6. The predicted octanol–water partition coefficient (Wildman–Crippen LogP) is 4.11. The van der Waals surface area contributed by atoms with Crippen molar-refractivity contribution in [3.05, 3.63) is 75.9 Å². The Bertz CT molecular complexity index is 1210. The van der Waals surface area contributed by atoms with E-state index in [2.05, 4.69) is 10.2 Å². The number of ether oxygens (including phenoxy) is 1. The quantitative estimate of drug-likeness (QED) is 0.612. The third kappa shape index (κ3) is 4.07. The van der Waals surface area contributed by atoms with Crippen LogP contribution in [-0.2, 0) is 13.5 Å². The highest BCUT2D eigenvalue weighted by atomic mass is 19.1. The van der Waals surface area contributed by atoms with Crippen molar-refractivity contribution in [1.82, 2.24) is 14.9 Å². The van der Waals surface area contributed by atoms with Gasteiger partial charge >= 0.3 is 0 Å². The van der Waals surface area contributed by atoms with Crippen molar-refractivity contribution in [2.75, 3.05) is 13.7 Å². The van der Waals surface area contributed by atoms with Crippen LogP contribution >= 0.6 is 0 Å². The maximum Gasteiger partial charge on any atom is 0.261 e. The third-order valence-corrected chi connectivity index (χ3v) is 5.75. The number of aromatic nitrogens is 2. The van der Waals surface area contributed by atoms with E-state index in [0.29, 0.717) is 46.4 Å². The Kier molecular flexibility index (Phi) is 5.83. The van der Waals surface area contributed by atoms with E-state index in [9.17, 15) is 9.18 Å². The number of methoxy groups -OCH3 is 1.